The number of nitrogens with one attached hydrogen (secondary N) is 1. The van der Waals surface area contributed by atoms with Gasteiger partial charge in [0.15, 0.2) is 0 Å². The molecule has 27 heavy (non-hydrogen) atoms. The average molecular weight is 372 g/mol. The number of urea groups is 1. The molecule has 8 heteroatoms. The fraction of sp³-hybridized carbons (Fsp3) is 0.579. The van der Waals surface area contributed by atoms with Crippen LogP contribution in [-0.4, -0.2) is 45.9 Å². The highest BCUT2D eigenvalue weighted by molar-refractivity contribution is 6.04. The Bertz CT molecular complexity index is 756. The van der Waals surface area contributed by atoms with E-state index in [0.29, 0.717) is 31.6 Å². The van der Waals surface area contributed by atoms with Crippen molar-refractivity contribution in [1.29, 1.82) is 0 Å². The lowest BCUT2D eigenvalue weighted by Crippen LogP contribution is -2.44. The number of carbonyl (C=O) groups excluding carboxylic acids is 3. The Morgan fingerprint density at radius 2 is 1.96 bits per heavy atom. The molecule has 0 bridgehead atoms. The molecule has 0 radical (unpaired) electrons. The smallest absolute Gasteiger partial charge is 0.325 e. The summed E-state index contributed by atoms with van der Waals surface area (Å²) in [5.41, 5.74) is 5.62. The van der Waals surface area contributed by atoms with E-state index in [1.807, 2.05) is 0 Å². The van der Waals surface area contributed by atoms with Crippen molar-refractivity contribution in [1.82, 2.24) is 15.2 Å². The first-order valence-corrected chi connectivity index (χ1v) is 9.58. The van der Waals surface area contributed by atoms with Crippen molar-refractivity contribution >= 4 is 17.8 Å². The third-order valence-electron chi connectivity index (χ3n) is 5.64. The molecule has 4 amide bonds. The number of pyridine rings is 1. The maximum Gasteiger partial charge on any atom is 0.325 e. The number of ether oxygens (including phenoxy) is 1. The predicted octanol–water partition coefficient (Wildman–Crippen LogP) is 1.59. The molecule has 2 saturated carbocycles. The molecule has 2 aliphatic carbocycles. The normalized spacial score (nSPS) is 28.1. The second-order valence-electron chi connectivity index (χ2n) is 7.66. The maximum atomic E-state index is 12.6. The van der Waals surface area contributed by atoms with E-state index in [2.05, 4.69) is 10.3 Å². The van der Waals surface area contributed by atoms with E-state index < -0.39 is 5.91 Å². The monoisotopic (exact) mass is 372 g/mol. The van der Waals surface area contributed by atoms with Crippen molar-refractivity contribution < 1.29 is 19.1 Å². The van der Waals surface area contributed by atoms with Crippen molar-refractivity contribution in [3.8, 4) is 5.88 Å². The van der Waals surface area contributed by atoms with E-state index in [4.69, 9.17) is 10.5 Å². The van der Waals surface area contributed by atoms with Crippen molar-refractivity contribution in [2.24, 2.45) is 11.7 Å². The number of nitrogens with zero attached hydrogens (tertiary/aromatic N) is 2. The van der Waals surface area contributed by atoms with Crippen molar-refractivity contribution in [3.63, 3.8) is 0 Å². The van der Waals surface area contributed by atoms with Gasteiger partial charge in [0.25, 0.3) is 11.8 Å². The lowest BCUT2D eigenvalue weighted by Gasteiger charge is -2.33. The second kappa shape index (κ2) is 7.17. The van der Waals surface area contributed by atoms with E-state index in [0.717, 1.165) is 19.3 Å². The molecule has 0 unspecified atom stereocenters. The van der Waals surface area contributed by atoms with Crippen molar-refractivity contribution in [2.45, 2.75) is 63.1 Å². The largest absolute Gasteiger partial charge is 0.474 e. The summed E-state index contributed by atoms with van der Waals surface area (Å²) in [6.07, 6.45) is 7.24. The van der Waals surface area contributed by atoms with Crippen LogP contribution in [0.3, 0.4) is 0 Å². The number of hydrogen-bond acceptors (Lipinski definition) is 5. The molecule has 0 spiro atoms. The van der Waals surface area contributed by atoms with E-state index in [1.54, 1.807) is 18.3 Å². The first-order valence-electron chi connectivity index (χ1n) is 9.58. The van der Waals surface area contributed by atoms with Gasteiger partial charge in [-0.1, -0.05) is 12.8 Å². The van der Waals surface area contributed by atoms with Gasteiger partial charge in [-0.25, -0.2) is 9.78 Å². The molecule has 0 aromatic carbocycles. The van der Waals surface area contributed by atoms with Gasteiger partial charge < -0.3 is 15.8 Å². The fourth-order valence-electron chi connectivity index (χ4n) is 3.99. The SMILES string of the molecule is NC(=O)c1cccnc1O[C@H]1CC[C@H](N2C(=O)N[C@@H](CC3CC3)C2=O)CC1. The first-order chi connectivity index (χ1) is 13.0. The number of imide groups is 1. The quantitative estimate of drug-likeness (QED) is 0.736. The summed E-state index contributed by atoms with van der Waals surface area (Å²) in [6.45, 7) is 0. The molecule has 8 nitrogen and oxygen atoms in total. The lowest BCUT2D eigenvalue weighted by molar-refractivity contribution is -0.130. The first kappa shape index (κ1) is 17.8. The molecule has 1 aromatic rings. The van der Waals surface area contributed by atoms with Crippen LogP contribution in [-0.2, 0) is 4.79 Å². The van der Waals surface area contributed by atoms with Crippen LogP contribution in [0, 0.1) is 5.92 Å². The summed E-state index contributed by atoms with van der Waals surface area (Å²) >= 11 is 0. The summed E-state index contributed by atoms with van der Waals surface area (Å²) in [5, 5.41) is 2.84. The predicted molar refractivity (Wildman–Crippen MR) is 95.9 cm³/mol. The Hall–Kier alpha value is -2.64. The van der Waals surface area contributed by atoms with E-state index >= 15 is 0 Å². The van der Waals surface area contributed by atoms with E-state index in [1.165, 1.54) is 4.90 Å². The van der Waals surface area contributed by atoms with Crippen molar-refractivity contribution in [2.75, 3.05) is 0 Å². The van der Waals surface area contributed by atoms with Crippen LogP contribution in [0.25, 0.3) is 0 Å². The Kier molecular flexibility index (Phi) is 4.72. The minimum absolute atomic E-state index is 0.0861. The van der Waals surface area contributed by atoms with Gasteiger partial charge in [-0.15, -0.1) is 0 Å². The summed E-state index contributed by atoms with van der Waals surface area (Å²) in [7, 11) is 0. The molecule has 4 rings (SSSR count). The van der Waals surface area contributed by atoms with Crippen LogP contribution in [0.2, 0.25) is 0 Å². The molecular formula is C19H24N4O4. The molecule has 1 aromatic heterocycles. The van der Waals surface area contributed by atoms with Crippen LogP contribution >= 0.6 is 0 Å². The van der Waals surface area contributed by atoms with Crippen LogP contribution in [0.4, 0.5) is 4.79 Å². The van der Waals surface area contributed by atoms with Gasteiger partial charge in [0, 0.05) is 12.2 Å². The van der Waals surface area contributed by atoms with Crippen molar-refractivity contribution in [3.05, 3.63) is 23.9 Å². The molecule has 144 valence electrons. The van der Waals surface area contributed by atoms with Gasteiger partial charge in [0.2, 0.25) is 5.88 Å². The maximum absolute atomic E-state index is 12.6. The van der Waals surface area contributed by atoms with Gasteiger partial charge in [-0.2, -0.15) is 0 Å². The number of hydrogen-bond donors (Lipinski definition) is 2. The highest BCUT2D eigenvalue weighted by Gasteiger charge is 2.44. The van der Waals surface area contributed by atoms with E-state index in [9.17, 15) is 14.4 Å². The Morgan fingerprint density at radius 3 is 2.63 bits per heavy atom. The second-order valence-corrected chi connectivity index (χ2v) is 7.66. The summed E-state index contributed by atoms with van der Waals surface area (Å²) in [4.78, 5) is 41.9. The third kappa shape index (κ3) is 3.74. The third-order valence-corrected chi connectivity index (χ3v) is 5.64. The Balaban J connectivity index is 1.34. The van der Waals surface area contributed by atoms with Crippen LogP contribution in [0.15, 0.2) is 18.3 Å². The number of primary amides is 1. The topological polar surface area (TPSA) is 115 Å². The van der Waals surface area contributed by atoms with Crippen LogP contribution in [0.1, 0.15) is 55.3 Å². The molecule has 3 aliphatic rings. The zero-order valence-electron chi connectivity index (χ0n) is 15.1. The number of rotatable bonds is 6. The summed E-state index contributed by atoms with van der Waals surface area (Å²) < 4.78 is 5.88. The number of amides is 4. The zero-order valence-corrected chi connectivity index (χ0v) is 15.1. The molecule has 1 aliphatic heterocycles. The van der Waals surface area contributed by atoms with Gasteiger partial charge in [0.1, 0.15) is 17.7 Å². The number of nitrogens with two attached hydrogens (primary N) is 1. The van der Waals surface area contributed by atoms with Gasteiger partial charge in [0.05, 0.1) is 0 Å². The molecule has 3 fully saturated rings. The zero-order chi connectivity index (χ0) is 19.0. The standard InChI is InChI=1S/C19H24N4O4/c20-16(24)14-2-1-9-21-17(14)27-13-7-5-12(6-8-13)23-18(25)15(22-19(23)26)10-11-3-4-11/h1-2,9,11-13,15H,3-8,10H2,(H2,20,24)(H,22,26)/t12-,13-,15-/m0/s1. The molecule has 1 atom stereocenters. The van der Waals surface area contributed by atoms with Crippen LogP contribution in [0.5, 0.6) is 5.88 Å². The molecule has 2 heterocycles. The Morgan fingerprint density at radius 1 is 1.22 bits per heavy atom. The molecular weight excluding hydrogens is 348 g/mol. The van der Waals surface area contributed by atoms with E-state index in [-0.39, 0.29) is 41.6 Å². The van der Waals surface area contributed by atoms with Gasteiger partial charge in [-0.3, -0.25) is 14.5 Å². The minimum Gasteiger partial charge on any atom is -0.474 e. The number of aromatic nitrogens is 1. The Labute approximate surface area is 157 Å². The fourth-order valence-corrected chi connectivity index (χ4v) is 3.99. The highest BCUT2D eigenvalue weighted by atomic mass is 16.5. The average Bonchev–Trinajstić information content (AvgIpc) is 3.42. The number of carbonyl (C=O) groups is 3. The van der Waals surface area contributed by atoms with Gasteiger partial charge >= 0.3 is 6.03 Å². The molecule has 1 saturated heterocycles. The van der Waals surface area contributed by atoms with Gasteiger partial charge in [-0.05, 0) is 50.2 Å². The summed E-state index contributed by atoms with van der Waals surface area (Å²) in [5.74, 6) is 0.166. The lowest BCUT2D eigenvalue weighted by atomic mass is 9.91. The highest BCUT2D eigenvalue weighted by Crippen LogP contribution is 2.36. The minimum atomic E-state index is -0.576. The molecule has 3 N–H and O–H groups in total. The van der Waals surface area contributed by atoms with Crippen LogP contribution < -0.4 is 15.8 Å². The summed E-state index contributed by atoms with van der Waals surface area (Å²) in [6, 6.07) is 2.51.